The number of amides is 2. The van der Waals surface area contributed by atoms with E-state index in [1.807, 2.05) is 19.0 Å². The highest BCUT2D eigenvalue weighted by Gasteiger charge is 2.46. The summed E-state index contributed by atoms with van der Waals surface area (Å²) in [6.45, 7) is 9.23. The van der Waals surface area contributed by atoms with Crippen molar-refractivity contribution in [3.8, 4) is 17.0 Å². The number of likely N-dealkylation sites (N-methyl/N-ethyl adjacent to an activating group) is 1. The van der Waals surface area contributed by atoms with Crippen molar-refractivity contribution in [2.24, 2.45) is 0 Å². The first-order chi connectivity index (χ1) is 18.4. The van der Waals surface area contributed by atoms with Crippen LogP contribution in [0.3, 0.4) is 0 Å². The Bertz CT molecular complexity index is 1350. The van der Waals surface area contributed by atoms with Gasteiger partial charge in [-0.15, -0.1) is 0 Å². The number of pyridine rings is 1. The summed E-state index contributed by atoms with van der Waals surface area (Å²) < 4.78 is 35.5. The molecule has 0 N–H and O–H groups in total. The lowest BCUT2D eigenvalue weighted by Gasteiger charge is -2.40. The summed E-state index contributed by atoms with van der Waals surface area (Å²) in [6, 6.07) is 3.56. The fourth-order valence-electron chi connectivity index (χ4n) is 5.76. The zero-order valence-electron chi connectivity index (χ0n) is 22.5. The Hall–Kier alpha value is -3.24. The molecule has 2 aromatic rings. The summed E-state index contributed by atoms with van der Waals surface area (Å²) in [5, 5.41) is -0.0633. The van der Waals surface area contributed by atoms with Crippen molar-refractivity contribution in [3.05, 3.63) is 53.1 Å². The molecule has 0 radical (unpaired) electrons. The third-order valence-corrected chi connectivity index (χ3v) is 8.34. The molecule has 0 aliphatic carbocycles. The topological polar surface area (TPSA) is 69.2 Å². The maximum absolute atomic E-state index is 15.0. The number of hydrogen-bond acceptors (Lipinski definition) is 6. The Morgan fingerprint density at radius 1 is 1.26 bits per heavy atom. The van der Waals surface area contributed by atoms with Crippen molar-refractivity contribution in [2.75, 3.05) is 51.8 Å². The molecular formula is C28H32ClF2N5O3. The van der Waals surface area contributed by atoms with Crippen LogP contribution < -0.4 is 9.64 Å². The van der Waals surface area contributed by atoms with Gasteiger partial charge < -0.3 is 24.3 Å². The molecule has 2 fully saturated rings. The zero-order valence-corrected chi connectivity index (χ0v) is 23.3. The summed E-state index contributed by atoms with van der Waals surface area (Å²) in [5.41, 5.74) is -0.338. The number of nitrogens with zero attached hydrogens (tertiary/aromatic N) is 5. The maximum atomic E-state index is 15.0. The van der Waals surface area contributed by atoms with Gasteiger partial charge in [0.1, 0.15) is 23.0 Å². The van der Waals surface area contributed by atoms with Gasteiger partial charge in [0.25, 0.3) is 5.91 Å². The number of rotatable bonds is 4. The lowest BCUT2D eigenvalue weighted by atomic mass is 9.99. The van der Waals surface area contributed by atoms with Gasteiger partial charge in [-0.2, -0.15) is 0 Å². The monoisotopic (exact) mass is 559 g/mol. The summed E-state index contributed by atoms with van der Waals surface area (Å²) in [5.74, 6) is -2.25. The summed E-state index contributed by atoms with van der Waals surface area (Å²) in [4.78, 5) is 38.7. The minimum atomic E-state index is -1.08. The summed E-state index contributed by atoms with van der Waals surface area (Å²) >= 11 is 6.80. The number of ether oxygens (including phenoxy) is 1. The first-order valence-corrected chi connectivity index (χ1v) is 13.3. The Labute approximate surface area is 231 Å². The highest BCUT2D eigenvalue weighted by atomic mass is 35.5. The van der Waals surface area contributed by atoms with E-state index in [0.717, 1.165) is 12.5 Å². The van der Waals surface area contributed by atoms with Gasteiger partial charge in [0, 0.05) is 43.3 Å². The minimum absolute atomic E-state index is 0.00246. The molecule has 11 heteroatoms. The molecule has 8 nitrogen and oxygen atoms in total. The van der Waals surface area contributed by atoms with Gasteiger partial charge in [0.15, 0.2) is 17.4 Å². The van der Waals surface area contributed by atoms with Crippen LogP contribution in [0.2, 0.25) is 5.02 Å². The predicted octanol–water partition coefficient (Wildman–Crippen LogP) is 3.83. The van der Waals surface area contributed by atoms with E-state index in [9.17, 15) is 14.0 Å². The fraction of sp³-hybridized carbons (Fsp3) is 0.464. The standard InChI is InChI=1S/C28H32ClF2N5O3/c1-6-20(37)34-10-11-35-17(13-34)15-39-25-21(27(35)38)26(36-14-16(33(4)5)12-28(36,2)3)32-24(22(25)29)18-8-7-9-19(30)23(18)31/h6-9,16-17H,1,10-15H2,2-5H3/t16-,17-/m1/s1. The average molecular weight is 560 g/mol. The second kappa shape index (κ2) is 10.1. The largest absolute Gasteiger partial charge is 0.489 e. The van der Waals surface area contributed by atoms with E-state index in [1.54, 1.807) is 9.80 Å². The third-order valence-electron chi connectivity index (χ3n) is 7.99. The van der Waals surface area contributed by atoms with Gasteiger partial charge in [-0.1, -0.05) is 24.2 Å². The number of piperazine rings is 1. The van der Waals surface area contributed by atoms with Crippen LogP contribution in [0.15, 0.2) is 30.9 Å². The predicted molar refractivity (Wildman–Crippen MR) is 145 cm³/mol. The Morgan fingerprint density at radius 3 is 2.67 bits per heavy atom. The molecule has 208 valence electrons. The van der Waals surface area contributed by atoms with E-state index >= 15 is 4.39 Å². The Kier molecular flexibility index (Phi) is 7.05. The number of anilines is 1. The van der Waals surface area contributed by atoms with Gasteiger partial charge in [0.2, 0.25) is 5.91 Å². The van der Waals surface area contributed by atoms with Crippen molar-refractivity contribution in [1.29, 1.82) is 0 Å². The second-order valence-corrected chi connectivity index (χ2v) is 11.5. The molecule has 0 unspecified atom stereocenters. The molecule has 0 bridgehead atoms. The Morgan fingerprint density at radius 2 is 2.00 bits per heavy atom. The molecule has 0 spiro atoms. The van der Waals surface area contributed by atoms with Gasteiger partial charge in [0.05, 0.1) is 11.7 Å². The SMILES string of the molecule is C=CC(=O)N1CCN2C(=O)c3c(N4C[C@H](N(C)C)CC4(C)C)nc(-c4cccc(F)c4F)c(Cl)c3OC[C@H]2C1. The van der Waals surface area contributed by atoms with Crippen LogP contribution in [0.25, 0.3) is 11.3 Å². The number of benzene rings is 1. The third kappa shape index (κ3) is 4.63. The van der Waals surface area contributed by atoms with E-state index in [-0.39, 0.29) is 58.6 Å². The molecular weight excluding hydrogens is 528 g/mol. The molecule has 2 amide bonds. The molecule has 0 saturated carbocycles. The van der Waals surface area contributed by atoms with Gasteiger partial charge in [-0.25, -0.2) is 13.8 Å². The normalized spacial score (nSPS) is 22.4. The molecule has 3 aliphatic heterocycles. The molecule has 3 aliphatic rings. The highest BCUT2D eigenvalue weighted by Crippen LogP contribution is 2.47. The number of carbonyl (C=O) groups excluding carboxylic acids is 2. The molecule has 2 atom stereocenters. The number of hydrogen-bond donors (Lipinski definition) is 0. The second-order valence-electron chi connectivity index (χ2n) is 11.1. The summed E-state index contributed by atoms with van der Waals surface area (Å²) in [7, 11) is 3.99. The van der Waals surface area contributed by atoms with Gasteiger partial charge in [-0.3, -0.25) is 9.59 Å². The quantitative estimate of drug-likeness (QED) is 0.531. The molecule has 2 saturated heterocycles. The van der Waals surface area contributed by atoms with Crippen molar-refractivity contribution >= 4 is 29.2 Å². The van der Waals surface area contributed by atoms with Crippen molar-refractivity contribution in [2.45, 2.75) is 37.9 Å². The van der Waals surface area contributed by atoms with Crippen LogP contribution in [0.1, 0.15) is 30.6 Å². The van der Waals surface area contributed by atoms with Gasteiger partial charge >= 0.3 is 0 Å². The number of aromatic nitrogens is 1. The number of carbonyl (C=O) groups is 2. The van der Waals surface area contributed by atoms with E-state index < -0.39 is 23.2 Å². The maximum Gasteiger partial charge on any atom is 0.261 e. The smallest absolute Gasteiger partial charge is 0.261 e. The van der Waals surface area contributed by atoms with Crippen LogP contribution in [0.5, 0.6) is 5.75 Å². The van der Waals surface area contributed by atoms with Crippen molar-refractivity contribution < 1.29 is 23.1 Å². The lowest BCUT2D eigenvalue weighted by molar-refractivity contribution is -0.128. The van der Waals surface area contributed by atoms with Crippen molar-refractivity contribution in [3.63, 3.8) is 0 Å². The van der Waals surface area contributed by atoms with E-state index in [2.05, 4.69) is 25.3 Å². The number of fused-ring (bicyclic) bond motifs is 2. The molecule has 4 heterocycles. The van der Waals surface area contributed by atoms with Crippen LogP contribution in [0.4, 0.5) is 14.6 Å². The molecule has 1 aromatic heterocycles. The molecule has 1 aromatic carbocycles. The van der Waals surface area contributed by atoms with E-state index in [4.69, 9.17) is 21.3 Å². The van der Waals surface area contributed by atoms with E-state index in [1.165, 1.54) is 18.2 Å². The van der Waals surface area contributed by atoms with Crippen LogP contribution in [-0.4, -0.2) is 96.0 Å². The van der Waals surface area contributed by atoms with Crippen LogP contribution in [0, 0.1) is 11.6 Å². The average Bonchev–Trinajstić information content (AvgIpc) is 3.15. The minimum Gasteiger partial charge on any atom is -0.489 e. The Balaban J connectivity index is 1.69. The number of halogens is 3. The molecule has 5 rings (SSSR count). The fourth-order valence-corrected chi connectivity index (χ4v) is 6.06. The van der Waals surface area contributed by atoms with E-state index in [0.29, 0.717) is 25.5 Å². The van der Waals surface area contributed by atoms with Crippen LogP contribution >= 0.6 is 11.6 Å². The van der Waals surface area contributed by atoms with Crippen LogP contribution in [-0.2, 0) is 4.79 Å². The zero-order chi connectivity index (χ0) is 28.2. The summed E-state index contributed by atoms with van der Waals surface area (Å²) in [6.07, 6.45) is 2.04. The lowest BCUT2D eigenvalue weighted by Crippen LogP contribution is -2.57. The first kappa shape index (κ1) is 27.3. The first-order valence-electron chi connectivity index (χ1n) is 12.9. The highest BCUT2D eigenvalue weighted by molar-refractivity contribution is 6.35. The van der Waals surface area contributed by atoms with Gasteiger partial charge in [-0.05, 0) is 52.6 Å². The molecule has 39 heavy (non-hydrogen) atoms. The van der Waals surface area contributed by atoms with Crippen molar-refractivity contribution in [1.82, 2.24) is 19.7 Å².